The molecule has 4 rings (SSSR count). The lowest BCUT2D eigenvalue weighted by molar-refractivity contribution is 0.577. The summed E-state index contributed by atoms with van der Waals surface area (Å²) in [7, 11) is 0. The molecule has 1 atom stereocenters. The van der Waals surface area contributed by atoms with E-state index in [0.717, 1.165) is 15.3 Å². The van der Waals surface area contributed by atoms with Crippen LogP contribution in [-0.4, -0.2) is 24.7 Å². The minimum Gasteiger partial charge on any atom is -0.288 e. The third-order valence-corrected chi connectivity index (χ3v) is 5.34. The van der Waals surface area contributed by atoms with Gasteiger partial charge in [0.05, 0.1) is 17.8 Å². The molecule has 0 aliphatic carbocycles. The number of nitrogens with one attached hydrogen (secondary N) is 1. The first-order chi connectivity index (χ1) is 10.8. The van der Waals surface area contributed by atoms with Crippen LogP contribution in [0.2, 0.25) is 0 Å². The Hall–Kier alpha value is -2.32. The number of aromatic amines is 1. The summed E-state index contributed by atoms with van der Waals surface area (Å²) in [4.78, 5) is 23.3. The Kier molecular flexibility index (Phi) is 3.12. The minimum atomic E-state index is -0.247. The van der Waals surface area contributed by atoms with Crippen molar-refractivity contribution < 1.29 is 0 Å². The van der Waals surface area contributed by atoms with E-state index in [9.17, 15) is 4.79 Å². The Morgan fingerprint density at radius 1 is 1.32 bits per heavy atom. The maximum Gasteiger partial charge on any atom is 0.263 e. The molecule has 0 saturated heterocycles. The van der Waals surface area contributed by atoms with E-state index in [-0.39, 0.29) is 11.6 Å². The zero-order valence-electron chi connectivity index (χ0n) is 11.6. The summed E-state index contributed by atoms with van der Waals surface area (Å²) in [6.07, 6.45) is 3.01. The number of hydrogen-bond donors (Lipinski definition) is 1. The Morgan fingerprint density at radius 2 is 2.23 bits per heavy atom. The molecule has 0 bridgehead atoms. The highest BCUT2D eigenvalue weighted by Gasteiger charge is 2.18. The number of nitrogens with zero attached hydrogens (tertiary/aromatic N) is 4. The molecule has 0 saturated carbocycles. The number of aromatic nitrogens is 5. The maximum atomic E-state index is 12.9. The monoisotopic (exact) mass is 329 g/mol. The van der Waals surface area contributed by atoms with Crippen molar-refractivity contribution in [2.45, 2.75) is 13.0 Å². The van der Waals surface area contributed by atoms with Crippen LogP contribution in [0.25, 0.3) is 20.7 Å². The van der Waals surface area contributed by atoms with Crippen molar-refractivity contribution in [2.24, 2.45) is 0 Å². The van der Waals surface area contributed by atoms with Crippen LogP contribution in [0, 0.1) is 0 Å². The second-order valence-electron chi connectivity index (χ2n) is 4.81. The van der Waals surface area contributed by atoms with Crippen LogP contribution in [0.3, 0.4) is 0 Å². The first-order valence-electron chi connectivity index (χ1n) is 6.63. The highest BCUT2D eigenvalue weighted by molar-refractivity contribution is 7.18. The summed E-state index contributed by atoms with van der Waals surface area (Å²) >= 11 is 3.11. The standard InChI is InChI=1S/C14H11N5OS2/c1-8(12-15-6-17-18-12)19-7-16-13-11(14(19)20)9(5-22-13)10-3-2-4-21-10/h2-8H,1H3,(H,15,17,18). The predicted octanol–water partition coefficient (Wildman–Crippen LogP) is 2.91. The van der Waals surface area contributed by atoms with E-state index in [1.165, 1.54) is 17.7 Å². The number of thiophene rings is 2. The molecular formula is C14H11N5OS2. The molecule has 0 aliphatic heterocycles. The molecule has 0 fully saturated rings. The molecule has 4 aromatic rings. The van der Waals surface area contributed by atoms with E-state index >= 15 is 0 Å². The van der Waals surface area contributed by atoms with E-state index in [1.807, 2.05) is 29.8 Å². The SMILES string of the molecule is CC(c1ncn[nH]1)n1cnc2scc(-c3cccs3)c2c1=O. The van der Waals surface area contributed by atoms with Crippen LogP contribution in [0.4, 0.5) is 0 Å². The van der Waals surface area contributed by atoms with Crippen LogP contribution in [-0.2, 0) is 0 Å². The Bertz CT molecular complexity index is 969. The van der Waals surface area contributed by atoms with Gasteiger partial charge in [0, 0.05) is 15.8 Å². The van der Waals surface area contributed by atoms with E-state index in [2.05, 4.69) is 20.2 Å². The van der Waals surface area contributed by atoms with Crippen LogP contribution in [0.1, 0.15) is 18.8 Å². The lowest BCUT2D eigenvalue weighted by atomic mass is 10.2. The fraction of sp³-hybridized carbons (Fsp3) is 0.143. The smallest absolute Gasteiger partial charge is 0.263 e. The number of fused-ring (bicyclic) bond motifs is 1. The van der Waals surface area contributed by atoms with Gasteiger partial charge in [-0.2, -0.15) is 5.10 Å². The average Bonchev–Trinajstić information content (AvgIpc) is 3.27. The molecule has 0 spiro atoms. The molecule has 4 heterocycles. The third-order valence-electron chi connectivity index (χ3n) is 3.55. The Labute approximate surface area is 133 Å². The van der Waals surface area contributed by atoms with E-state index in [4.69, 9.17) is 0 Å². The minimum absolute atomic E-state index is 0.0569. The van der Waals surface area contributed by atoms with Crippen molar-refractivity contribution >= 4 is 32.9 Å². The second-order valence-corrected chi connectivity index (χ2v) is 6.62. The van der Waals surface area contributed by atoms with E-state index in [0.29, 0.717) is 11.2 Å². The van der Waals surface area contributed by atoms with Gasteiger partial charge >= 0.3 is 0 Å². The van der Waals surface area contributed by atoms with Crippen molar-refractivity contribution in [3.8, 4) is 10.4 Å². The molecular weight excluding hydrogens is 318 g/mol. The van der Waals surface area contributed by atoms with Crippen molar-refractivity contribution in [3.05, 3.63) is 51.7 Å². The fourth-order valence-electron chi connectivity index (χ4n) is 2.38. The maximum absolute atomic E-state index is 12.9. The number of H-pyrrole nitrogens is 1. The van der Waals surface area contributed by atoms with Gasteiger partial charge in [-0.3, -0.25) is 14.5 Å². The van der Waals surface area contributed by atoms with Crippen molar-refractivity contribution in [3.63, 3.8) is 0 Å². The van der Waals surface area contributed by atoms with Crippen LogP contribution >= 0.6 is 22.7 Å². The van der Waals surface area contributed by atoms with Crippen LogP contribution in [0.5, 0.6) is 0 Å². The molecule has 22 heavy (non-hydrogen) atoms. The van der Waals surface area contributed by atoms with E-state index in [1.54, 1.807) is 22.2 Å². The highest BCUT2D eigenvalue weighted by atomic mass is 32.1. The molecule has 110 valence electrons. The first-order valence-corrected chi connectivity index (χ1v) is 8.39. The quantitative estimate of drug-likeness (QED) is 0.627. The highest BCUT2D eigenvalue weighted by Crippen LogP contribution is 2.33. The molecule has 1 N–H and O–H groups in total. The third kappa shape index (κ3) is 1.99. The molecule has 0 radical (unpaired) electrons. The Balaban J connectivity index is 1.94. The number of hydrogen-bond acceptors (Lipinski definition) is 6. The van der Waals surface area contributed by atoms with Gasteiger partial charge in [0.2, 0.25) is 0 Å². The van der Waals surface area contributed by atoms with Crippen LogP contribution in [0.15, 0.2) is 40.3 Å². The first kappa shape index (κ1) is 13.4. The van der Waals surface area contributed by atoms with Gasteiger partial charge in [0.1, 0.15) is 17.0 Å². The zero-order valence-corrected chi connectivity index (χ0v) is 13.2. The van der Waals surface area contributed by atoms with Gasteiger partial charge in [0.25, 0.3) is 5.56 Å². The summed E-state index contributed by atoms with van der Waals surface area (Å²) < 4.78 is 1.59. The second kappa shape index (κ2) is 5.15. The molecule has 4 aromatic heterocycles. The van der Waals surface area contributed by atoms with Gasteiger partial charge in [-0.15, -0.1) is 22.7 Å². The van der Waals surface area contributed by atoms with Gasteiger partial charge in [0.15, 0.2) is 0 Å². The predicted molar refractivity (Wildman–Crippen MR) is 87.4 cm³/mol. The topological polar surface area (TPSA) is 76.5 Å². The Morgan fingerprint density at radius 3 is 2.95 bits per heavy atom. The summed E-state index contributed by atoms with van der Waals surface area (Å²) in [5.74, 6) is 0.635. The summed E-state index contributed by atoms with van der Waals surface area (Å²) in [5, 5.41) is 11.3. The lowest BCUT2D eigenvalue weighted by Gasteiger charge is -2.11. The zero-order chi connectivity index (χ0) is 15.1. The summed E-state index contributed by atoms with van der Waals surface area (Å²) in [6.45, 7) is 1.90. The molecule has 6 nitrogen and oxygen atoms in total. The average molecular weight is 329 g/mol. The van der Waals surface area contributed by atoms with E-state index < -0.39 is 0 Å². The lowest BCUT2D eigenvalue weighted by Crippen LogP contribution is -2.24. The molecule has 8 heteroatoms. The van der Waals surface area contributed by atoms with Crippen molar-refractivity contribution in [1.82, 2.24) is 24.7 Å². The summed E-state index contributed by atoms with van der Waals surface area (Å²) in [5.41, 5.74) is 0.894. The molecule has 0 aliphatic rings. The molecule has 1 unspecified atom stereocenters. The van der Waals surface area contributed by atoms with Crippen LogP contribution < -0.4 is 5.56 Å². The van der Waals surface area contributed by atoms with Crippen molar-refractivity contribution in [1.29, 1.82) is 0 Å². The van der Waals surface area contributed by atoms with Gasteiger partial charge in [-0.1, -0.05) is 6.07 Å². The largest absolute Gasteiger partial charge is 0.288 e. The van der Waals surface area contributed by atoms with Gasteiger partial charge < -0.3 is 0 Å². The van der Waals surface area contributed by atoms with Gasteiger partial charge in [-0.05, 0) is 18.4 Å². The number of rotatable bonds is 3. The normalized spacial score (nSPS) is 12.8. The molecule has 0 aromatic carbocycles. The van der Waals surface area contributed by atoms with Crippen molar-refractivity contribution in [2.75, 3.05) is 0 Å². The summed E-state index contributed by atoms with van der Waals surface area (Å²) in [6, 6.07) is 3.75. The van der Waals surface area contributed by atoms with Gasteiger partial charge in [-0.25, -0.2) is 9.97 Å². The fourth-order valence-corrected chi connectivity index (χ4v) is 4.10. The molecule has 0 amide bonds.